The summed E-state index contributed by atoms with van der Waals surface area (Å²) in [6, 6.07) is 26.6. The molecule has 2 heterocycles. The van der Waals surface area contributed by atoms with Crippen LogP contribution < -0.4 is 10.2 Å². The maximum absolute atomic E-state index is 13.3. The van der Waals surface area contributed by atoms with E-state index in [1.165, 1.54) is 0 Å². The van der Waals surface area contributed by atoms with E-state index in [1.807, 2.05) is 91.9 Å². The van der Waals surface area contributed by atoms with Crippen molar-refractivity contribution < 1.29 is 4.79 Å². The van der Waals surface area contributed by atoms with E-state index in [2.05, 4.69) is 5.32 Å². The van der Waals surface area contributed by atoms with Gasteiger partial charge in [-0.2, -0.15) is 5.10 Å². The molecule has 0 bridgehead atoms. The molecule has 5 nitrogen and oxygen atoms in total. The second-order valence-corrected chi connectivity index (χ2v) is 7.62. The van der Waals surface area contributed by atoms with Crippen molar-refractivity contribution in [1.82, 2.24) is 9.78 Å². The highest BCUT2D eigenvalue weighted by atomic mass is 35.5. The Morgan fingerprint density at radius 1 is 0.867 bits per heavy atom. The molecule has 1 atom stereocenters. The lowest BCUT2D eigenvalue weighted by Crippen LogP contribution is -2.43. The summed E-state index contributed by atoms with van der Waals surface area (Å²) in [6.07, 6.45) is 0. The fraction of sp³-hybridized carbons (Fsp3) is 0.0833. The fourth-order valence-electron chi connectivity index (χ4n) is 3.97. The van der Waals surface area contributed by atoms with Gasteiger partial charge in [-0.1, -0.05) is 60.1 Å². The van der Waals surface area contributed by atoms with Crippen LogP contribution in [0.1, 0.15) is 22.9 Å². The van der Waals surface area contributed by atoms with Gasteiger partial charge in [0.15, 0.2) is 0 Å². The number of carbonyl (C=O) groups is 1. The molecule has 30 heavy (non-hydrogen) atoms. The molecule has 3 aromatic carbocycles. The van der Waals surface area contributed by atoms with Crippen molar-refractivity contribution in [2.24, 2.45) is 0 Å². The number of hydrogen-bond donors (Lipinski definition) is 1. The zero-order valence-electron chi connectivity index (χ0n) is 16.3. The van der Waals surface area contributed by atoms with Gasteiger partial charge in [-0.15, -0.1) is 0 Å². The predicted octanol–water partition coefficient (Wildman–Crippen LogP) is 5.98. The molecule has 1 aliphatic heterocycles. The van der Waals surface area contributed by atoms with Crippen LogP contribution >= 0.6 is 11.6 Å². The number of anilines is 2. The van der Waals surface area contributed by atoms with Crippen LogP contribution in [0.25, 0.3) is 5.69 Å². The molecular formula is C24H19ClN4O. The molecule has 0 unspecified atom stereocenters. The summed E-state index contributed by atoms with van der Waals surface area (Å²) < 4.78 is 1.80. The summed E-state index contributed by atoms with van der Waals surface area (Å²) in [5.74, 6) is 0.691. The lowest BCUT2D eigenvalue weighted by atomic mass is 9.94. The SMILES string of the molecule is Cc1nn(-c2ccccc2)c2c1[C@@H](c1ccc(Cl)cc1)N(c1ccccc1)C(=O)N2. The number of carbonyl (C=O) groups excluding carboxylic acids is 1. The fourth-order valence-corrected chi connectivity index (χ4v) is 4.09. The molecule has 148 valence electrons. The number of aromatic nitrogens is 2. The molecule has 0 saturated carbocycles. The van der Waals surface area contributed by atoms with Gasteiger partial charge in [-0.3, -0.25) is 10.2 Å². The molecule has 0 radical (unpaired) electrons. The predicted molar refractivity (Wildman–Crippen MR) is 120 cm³/mol. The van der Waals surface area contributed by atoms with Gasteiger partial charge in [0.2, 0.25) is 0 Å². The van der Waals surface area contributed by atoms with Crippen molar-refractivity contribution in [2.45, 2.75) is 13.0 Å². The highest BCUT2D eigenvalue weighted by Gasteiger charge is 2.39. The summed E-state index contributed by atoms with van der Waals surface area (Å²) >= 11 is 6.14. The van der Waals surface area contributed by atoms with Gasteiger partial charge in [-0.05, 0) is 48.9 Å². The molecule has 0 spiro atoms. The van der Waals surface area contributed by atoms with Crippen LogP contribution in [0.15, 0.2) is 84.9 Å². The third-order valence-corrected chi connectivity index (χ3v) is 5.56. The van der Waals surface area contributed by atoms with E-state index in [-0.39, 0.29) is 12.1 Å². The van der Waals surface area contributed by atoms with E-state index >= 15 is 0 Å². The number of rotatable bonds is 3. The van der Waals surface area contributed by atoms with Gasteiger partial charge in [0.05, 0.1) is 17.4 Å². The Bertz CT molecular complexity index is 1200. The van der Waals surface area contributed by atoms with E-state index in [0.717, 1.165) is 28.2 Å². The molecule has 0 fully saturated rings. The van der Waals surface area contributed by atoms with Crippen LogP contribution in [0.5, 0.6) is 0 Å². The number of hydrogen-bond acceptors (Lipinski definition) is 2. The second kappa shape index (κ2) is 7.35. The standard InChI is InChI=1S/C24H19ClN4O/c1-16-21-22(17-12-14-18(25)15-13-17)28(19-8-4-2-5-9-19)24(30)26-23(21)29(27-16)20-10-6-3-7-11-20/h2-15,22H,1H3,(H,26,30)/t22-/m1/s1. The first-order valence-electron chi connectivity index (χ1n) is 9.69. The molecule has 5 rings (SSSR count). The molecule has 1 N–H and O–H groups in total. The van der Waals surface area contributed by atoms with Crippen molar-refractivity contribution in [3.05, 3.63) is 107 Å². The number of halogens is 1. The summed E-state index contributed by atoms with van der Waals surface area (Å²) in [6.45, 7) is 1.97. The third kappa shape index (κ3) is 3.04. The van der Waals surface area contributed by atoms with Gasteiger partial charge < -0.3 is 0 Å². The monoisotopic (exact) mass is 414 g/mol. The van der Waals surface area contributed by atoms with E-state index in [4.69, 9.17) is 16.7 Å². The normalized spacial score (nSPS) is 15.6. The Labute approximate surface area is 179 Å². The van der Waals surface area contributed by atoms with Gasteiger partial charge in [0.1, 0.15) is 5.82 Å². The largest absolute Gasteiger partial charge is 0.328 e. The maximum atomic E-state index is 13.3. The minimum Gasteiger partial charge on any atom is -0.291 e. The van der Waals surface area contributed by atoms with Crippen molar-refractivity contribution in [1.29, 1.82) is 0 Å². The minimum absolute atomic E-state index is 0.203. The summed E-state index contributed by atoms with van der Waals surface area (Å²) in [7, 11) is 0. The first-order chi connectivity index (χ1) is 14.6. The number of benzene rings is 3. The van der Waals surface area contributed by atoms with Gasteiger partial charge in [-0.25, -0.2) is 9.48 Å². The molecular weight excluding hydrogens is 396 g/mol. The first kappa shape index (κ1) is 18.5. The molecule has 0 saturated heterocycles. The highest BCUT2D eigenvalue weighted by molar-refractivity contribution is 6.30. The summed E-state index contributed by atoms with van der Waals surface area (Å²) in [4.78, 5) is 15.1. The number of aryl methyl sites for hydroxylation is 1. The lowest BCUT2D eigenvalue weighted by Gasteiger charge is -2.36. The van der Waals surface area contributed by atoms with Gasteiger partial charge >= 0.3 is 6.03 Å². The lowest BCUT2D eigenvalue weighted by molar-refractivity contribution is 0.254. The Kier molecular flexibility index (Phi) is 4.52. The van der Waals surface area contributed by atoms with Crippen molar-refractivity contribution in [3.8, 4) is 5.69 Å². The Morgan fingerprint density at radius 2 is 1.47 bits per heavy atom. The van der Waals surface area contributed by atoms with Gasteiger partial charge in [0.25, 0.3) is 0 Å². The topological polar surface area (TPSA) is 50.2 Å². The molecule has 1 aromatic heterocycles. The Balaban J connectivity index is 1.74. The number of para-hydroxylation sites is 2. The van der Waals surface area contributed by atoms with E-state index in [1.54, 1.807) is 9.58 Å². The van der Waals surface area contributed by atoms with Crippen LogP contribution in [0, 0.1) is 6.92 Å². The molecule has 4 aromatic rings. The number of nitrogens with zero attached hydrogens (tertiary/aromatic N) is 3. The molecule has 2 amide bonds. The van der Waals surface area contributed by atoms with E-state index in [0.29, 0.717) is 10.8 Å². The number of fused-ring (bicyclic) bond motifs is 1. The van der Waals surface area contributed by atoms with Crippen LogP contribution in [0.2, 0.25) is 5.02 Å². The van der Waals surface area contributed by atoms with Gasteiger partial charge in [0, 0.05) is 16.3 Å². The maximum Gasteiger partial charge on any atom is 0.328 e. The zero-order valence-corrected chi connectivity index (χ0v) is 17.0. The average Bonchev–Trinajstić information content (AvgIpc) is 3.10. The number of amides is 2. The molecule has 1 aliphatic rings. The molecule has 6 heteroatoms. The Morgan fingerprint density at radius 3 is 2.10 bits per heavy atom. The van der Waals surface area contributed by atoms with Crippen LogP contribution in [-0.4, -0.2) is 15.8 Å². The van der Waals surface area contributed by atoms with Crippen molar-refractivity contribution in [3.63, 3.8) is 0 Å². The van der Waals surface area contributed by atoms with Crippen LogP contribution in [0.3, 0.4) is 0 Å². The van der Waals surface area contributed by atoms with Crippen LogP contribution in [0.4, 0.5) is 16.3 Å². The van der Waals surface area contributed by atoms with Crippen LogP contribution in [-0.2, 0) is 0 Å². The first-order valence-corrected chi connectivity index (χ1v) is 10.1. The molecule has 0 aliphatic carbocycles. The summed E-state index contributed by atoms with van der Waals surface area (Å²) in [5.41, 5.74) is 4.49. The average molecular weight is 415 g/mol. The number of urea groups is 1. The van der Waals surface area contributed by atoms with Crippen molar-refractivity contribution in [2.75, 3.05) is 10.2 Å². The second-order valence-electron chi connectivity index (χ2n) is 7.18. The Hall–Kier alpha value is -3.57. The highest BCUT2D eigenvalue weighted by Crippen LogP contribution is 2.43. The number of nitrogens with one attached hydrogen (secondary N) is 1. The van der Waals surface area contributed by atoms with Crippen molar-refractivity contribution >= 4 is 29.1 Å². The smallest absolute Gasteiger partial charge is 0.291 e. The van der Waals surface area contributed by atoms with E-state index < -0.39 is 0 Å². The zero-order chi connectivity index (χ0) is 20.7. The summed E-state index contributed by atoms with van der Waals surface area (Å²) in [5, 5.41) is 8.49. The van der Waals surface area contributed by atoms with E-state index in [9.17, 15) is 4.79 Å². The third-order valence-electron chi connectivity index (χ3n) is 5.30. The quantitative estimate of drug-likeness (QED) is 0.448. The minimum atomic E-state index is -0.328.